The van der Waals surface area contributed by atoms with Crippen LogP contribution in [0.2, 0.25) is 0 Å². The van der Waals surface area contributed by atoms with Gasteiger partial charge in [0.05, 0.1) is 35.9 Å². The van der Waals surface area contributed by atoms with Crippen LogP contribution in [0, 0.1) is 12.8 Å². The van der Waals surface area contributed by atoms with E-state index in [1.807, 2.05) is 31.2 Å². The molecule has 1 N–H and O–H groups in total. The SMILES string of the molecule is COc1ccc(N2CC(C(=O)Nc3c4c(nn3-c3ccc(C)cc3)CS(=O)(=O)C4)CC2=O)cc1. The zero-order valence-corrected chi connectivity index (χ0v) is 19.6. The van der Waals surface area contributed by atoms with E-state index in [1.54, 1.807) is 41.0 Å². The van der Waals surface area contributed by atoms with Crippen LogP contribution >= 0.6 is 0 Å². The number of sulfone groups is 1. The van der Waals surface area contributed by atoms with Crippen LogP contribution in [0.5, 0.6) is 5.75 Å². The van der Waals surface area contributed by atoms with Crippen molar-refractivity contribution in [1.29, 1.82) is 0 Å². The first-order valence-electron chi connectivity index (χ1n) is 10.9. The molecule has 3 aromatic rings. The van der Waals surface area contributed by atoms with Crippen LogP contribution in [0.15, 0.2) is 48.5 Å². The third-order valence-electron chi connectivity index (χ3n) is 6.19. The highest BCUT2D eigenvalue weighted by Crippen LogP contribution is 2.34. The molecular formula is C24H24N4O5S. The van der Waals surface area contributed by atoms with Crippen molar-refractivity contribution in [1.82, 2.24) is 9.78 Å². The minimum Gasteiger partial charge on any atom is -0.497 e. The molecule has 2 amide bonds. The van der Waals surface area contributed by atoms with Crippen molar-refractivity contribution >= 4 is 33.2 Å². The van der Waals surface area contributed by atoms with E-state index in [9.17, 15) is 18.0 Å². The highest BCUT2D eigenvalue weighted by molar-refractivity contribution is 7.90. The Morgan fingerprint density at radius 2 is 1.74 bits per heavy atom. The Morgan fingerprint density at radius 1 is 1.06 bits per heavy atom. The summed E-state index contributed by atoms with van der Waals surface area (Å²) in [4.78, 5) is 27.5. The molecule has 3 heterocycles. The molecule has 1 aromatic heterocycles. The van der Waals surface area contributed by atoms with Crippen molar-refractivity contribution in [2.24, 2.45) is 5.92 Å². The first-order valence-corrected chi connectivity index (χ1v) is 12.7. The molecule has 0 radical (unpaired) electrons. The fraction of sp³-hybridized carbons (Fsp3) is 0.292. The predicted molar refractivity (Wildman–Crippen MR) is 127 cm³/mol. The standard InChI is InChI=1S/C24H24N4O5S/c1-15-3-5-18(6-4-15)28-23(20-13-34(31,32)14-21(20)26-28)25-24(30)16-11-22(29)27(12-16)17-7-9-19(33-2)10-8-17/h3-10,16H,11-14H2,1-2H3,(H,25,30). The van der Waals surface area contributed by atoms with Gasteiger partial charge in [-0.05, 0) is 43.3 Å². The summed E-state index contributed by atoms with van der Waals surface area (Å²) in [6.07, 6.45) is 0.0665. The van der Waals surface area contributed by atoms with Gasteiger partial charge in [0.2, 0.25) is 11.8 Å². The number of ether oxygens (including phenoxy) is 1. The molecule has 0 saturated carbocycles. The molecule has 34 heavy (non-hydrogen) atoms. The van der Waals surface area contributed by atoms with E-state index < -0.39 is 15.8 Å². The number of methoxy groups -OCH3 is 1. The third-order valence-corrected chi connectivity index (χ3v) is 7.63. The Balaban J connectivity index is 1.41. The minimum atomic E-state index is -3.30. The van der Waals surface area contributed by atoms with Gasteiger partial charge in [-0.15, -0.1) is 0 Å². The number of aromatic nitrogens is 2. The molecule has 0 aliphatic carbocycles. The number of hydrogen-bond acceptors (Lipinski definition) is 6. The second-order valence-corrected chi connectivity index (χ2v) is 10.7. The number of hydrogen-bond donors (Lipinski definition) is 1. The second kappa shape index (κ2) is 8.28. The number of rotatable bonds is 5. The summed E-state index contributed by atoms with van der Waals surface area (Å²) in [6.45, 7) is 2.20. The van der Waals surface area contributed by atoms with E-state index in [4.69, 9.17) is 4.74 Å². The second-order valence-electron chi connectivity index (χ2n) is 8.65. The zero-order chi connectivity index (χ0) is 24.0. The molecule has 0 bridgehead atoms. The van der Waals surface area contributed by atoms with Crippen molar-refractivity contribution in [2.45, 2.75) is 24.9 Å². The third kappa shape index (κ3) is 4.05. The van der Waals surface area contributed by atoms with Gasteiger partial charge in [-0.1, -0.05) is 17.7 Å². The summed E-state index contributed by atoms with van der Waals surface area (Å²) in [5, 5.41) is 7.39. The number of carbonyl (C=O) groups excluding carboxylic acids is 2. The number of nitrogens with one attached hydrogen (secondary N) is 1. The van der Waals surface area contributed by atoms with Crippen LogP contribution in [-0.2, 0) is 30.9 Å². The van der Waals surface area contributed by atoms with Crippen LogP contribution in [0.3, 0.4) is 0 Å². The van der Waals surface area contributed by atoms with Gasteiger partial charge in [-0.25, -0.2) is 13.1 Å². The maximum atomic E-state index is 13.2. The van der Waals surface area contributed by atoms with Gasteiger partial charge in [0.1, 0.15) is 11.6 Å². The summed E-state index contributed by atoms with van der Waals surface area (Å²) < 4.78 is 31.1. The highest BCUT2D eigenvalue weighted by Gasteiger charge is 2.38. The van der Waals surface area contributed by atoms with Crippen LogP contribution in [0.1, 0.15) is 23.2 Å². The molecule has 176 valence electrons. The average molecular weight is 481 g/mol. The summed E-state index contributed by atoms with van der Waals surface area (Å²) in [7, 11) is -1.74. The van der Waals surface area contributed by atoms with E-state index >= 15 is 0 Å². The largest absolute Gasteiger partial charge is 0.497 e. The number of amides is 2. The molecule has 1 unspecified atom stereocenters. The fourth-order valence-electron chi connectivity index (χ4n) is 4.36. The van der Waals surface area contributed by atoms with E-state index in [0.29, 0.717) is 28.5 Å². The van der Waals surface area contributed by atoms with Crippen LogP contribution in [-0.4, -0.2) is 43.7 Å². The topological polar surface area (TPSA) is 111 Å². The normalized spacial score (nSPS) is 18.7. The lowest BCUT2D eigenvalue weighted by Crippen LogP contribution is -2.29. The van der Waals surface area contributed by atoms with Gasteiger partial charge in [0.25, 0.3) is 0 Å². The number of benzene rings is 2. The van der Waals surface area contributed by atoms with Crippen molar-refractivity contribution in [3.05, 3.63) is 65.4 Å². The van der Waals surface area contributed by atoms with E-state index in [1.165, 1.54) is 0 Å². The Bertz CT molecular complexity index is 1380. The molecule has 2 aliphatic rings. The van der Waals surface area contributed by atoms with Crippen molar-refractivity contribution in [2.75, 3.05) is 23.9 Å². The number of carbonyl (C=O) groups is 2. The number of nitrogens with zero attached hydrogens (tertiary/aromatic N) is 3. The molecule has 1 fully saturated rings. The fourth-order valence-corrected chi connectivity index (χ4v) is 5.85. The first kappa shape index (κ1) is 22.1. The molecule has 10 heteroatoms. The molecule has 2 aliphatic heterocycles. The Kier molecular flexibility index (Phi) is 5.40. The molecule has 2 aromatic carbocycles. The van der Waals surface area contributed by atoms with Gasteiger partial charge in [0.15, 0.2) is 9.84 Å². The Morgan fingerprint density at radius 3 is 2.41 bits per heavy atom. The van der Waals surface area contributed by atoms with E-state index in [0.717, 1.165) is 11.3 Å². The predicted octanol–water partition coefficient (Wildman–Crippen LogP) is 2.61. The Labute approximate surface area is 197 Å². The number of aryl methyl sites for hydroxylation is 1. The lowest BCUT2D eigenvalue weighted by Gasteiger charge is -2.17. The van der Waals surface area contributed by atoms with Crippen LogP contribution < -0.4 is 15.0 Å². The van der Waals surface area contributed by atoms with Crippen molar-refractivity contribution in [3.8, 4) is 11.4 Å². The quantitative estimate of drug-likeness (QED) is 0.601. The smallest absolute Gasteiger partial charge is 0.230 e. The molecule has 5 rings (SSSR count). The maximum Gasteiger partial charge on any atom is 0.230 e. The van der Waals surface area contributed by atoms with Crippen LogP contribution in [0.4, 0.5) is 11.5 Å². The highest BCUT2D eigenvalue weighted by atomic mass is 32.2. The molecule has 0 spiro atoms. The number of anilines is 2. The molecule has 9 nitrogen and oxygen atoms in total. The van der Waals surface area contributed by atoms with Gasteiger partial charge >= 0.3 is 0 Å². The summed E-state index contributed by atoms with van der Waals surface area (Å²) >= 11 is 0. The summed E-state index contributed by atoms with van der Waals surface area (Å²) in [5.74, 6) is -0.375. The lowest BCUT2D eigenvalue weighted by atomic mass is 10.1. The van der Waals surface area contributed by atoms with Gasteiger partial charge in [-0.3, -0.25) is 9.59 Å². The van der Waals surface area contributed by atoms with Gasteiger partial charge in [0, 0.05) is 24.2 Å². The minimum absolute atomic E-state index is 0.0665. The maximum absolute atomic E-state index is 13.2. The Hall–Kier alpha value is -3.66. The lowest BCUT2D eigenvalue weighted by molar-refractivity contribution is -0.122. The zero-order valence-electron chi connectivity index (χ0n) is 18.8. The summed E-state index contributed by atoms with van der Waals surface area (Å²) in [6, 6.07) is 14.7. The van der Waals surface area contributed by atoms with Gasteiger partial charge in [-0.2, -0.15) is 5.10 Å². The van der Waals surface area contributed by atoms with Crippen molar-refractivity contribution < 1.29 is 22.7 Å². The van der Waals surface area contributed by atoms with Crippen molar-refractivity contribution in [3.63, 3.8) is 0 Å². The number of fused-ring (bicyclic) bond motifs is 1. The average Bonchev–Trinajstić information content (AvgIpc) is 3.44. The molecular weight excluding hydrogens is 456 g/mol. The molecule has 1 atom stereocenters. The van der Waals surface area contributed by atoms with Crippen LogP contribution in [0.25, 0.3) is 5.69 Å². The van der Waals surface area contributed by atoms with Gasteiger partial charge < -0.3 is 15.0 Å². The van der Waals surface area contributed by atoms with E-state index in [-0.39, 0.29) is 36.3 Å². The monoisotopic (exact) mass is 480 g/mol. The van der Waals surface area contributed by atoms with E-state index in [2.05, 4.69) is 10.4 Å². The molecule has 1 saturated heterocycles. The summed E-state index contributed by atoms with van der Waals surface area (Å²) in [5.41, 5.74) is 3.43. The first-order chi connectivity index (χ1) is 16.2.